The largest absolute Gasteiger partial charge is 0.363 e. The third-order valence-electron chi connectivity index (χ3n) is 2.26. The van der Waals surface area contributed by atoms with E-state index in [9.17, 15) is 9.59 Å². The van der Waals surface area contributed by atoms with Crippen LogP contribution in [0.5, 0.6) is 0 Å². The molecule has 0 radical (unpaired) electrons. The molecule has 1 saturated heterocycles. The van der Waals surface area contributed by atoms with Crippen molar-refractivity contribution in [3.63, 3.8) is 0 Å². The minimum Gasteiger partial charge on any atom is -0.363 e. The molecule has 0 aromatic heterocycles. The van der Waals surface area contributed by atoms with Gasteiger partial charge in [-0.15, -0.1) is 0 Å². The van der Waals surface area contributed by atoms with Crippen molar-refractivity contribution in [1.82, 2.24) is 10.2 Å². The minimum absolute atomic E-state index is 0.340. The van der Waals surface area contributed by atoms with Crippen LogP contribution in [-0.4, -0.2) is 42.4 Å². The molecule has 5 heteroatoms. The molecule has 1 aliphatic rings. The van der Waals surface area contributed by atoms with Gasteiger partial charge in [0.2, 0.25) is 5.78 Å². The zero-order valence-electron chi connectivity index (χ0n) is 7.75. The van der Waals surface area contributed by atoms with E-state index in [-0.39, 0.29) is 6.04 Å². The summed E-state index contributed by atoms with van der Waals surface area (Å²) >= 11 is 0. The number of hydrogen-bond acceptors (Lipinski definition) is 4. The molecule has 1 atom stereocenters. The lowest BCUT2D eigenvalue weighted by molar-refractivity contribution is -0.139. The van der Waals surface area contributed by atoms with Crippen LogP contribution in [0.1, 0.15) is 13.3 Å². The van der Waals surface area contributed by atoms with Crippen LogP contribution in [0.4, 0.5) is 0 Å². The first kappa shape index (κ1) is 10.1. The third-order valence-corrected chi connectivity index (χ3v) is 2.26. The maximum absolute atomic E-state index is 11.3. The molecule has 1 aliphatic heterocycles. The Bertz CT molecular complexity index is 211. The van der Waals surface area contributed by atoms with Crippen molar-refractivity contribution in [2.45, 2.75) is 19.4 Å². The van der Waals surface area contributed by atoms with E-state index in [0.717, 1.165) is 13.1 Å². The van der Waals surface area contributed by atoms with Crippen molar-refractivity contribution in [1.29, 1.82) is 0 Å². The van der Waals surface area contributed by atoms with Crippen LogP contribution < -0.4 is 11.1 Å². The summed E-state index contributed by atoms with van der Waals surface area (Å²) in [6, 6.07) is -0.340. The van der Waals surface area contributed by atoms with E-state index in [1.54, 1.807) is 0 Å². The molecule has 1 amide bonds. The molecule has 0 aliphatic carbocycles. The van der Waals surface area contributed by atoms with Gasteiger partial charge in [0.25, 0.3) is 5.91 Å². The molecule has 0 bridgehead atoms. The van der Waals surface area contributed by atoms with E-state index >= 15 is 0 Å². The number of carbonyl (C=O) groups is 2. The molecule has 0 saturated carbocycles. The fraction of sp³-hybridized carbons (Fsp3) is 0.750. The highest BCUT2D eigenvalue weighted by Gasteiger charge is 2.29. The number of nitrogens with zero attached hydrogens (tertiary/aromatic N) is 1. The summed E-state index contributed by atoms with van der Waals surface area (Å²) < 4.78 is 0. The lowest BCUT2D eigenvalue weighted by Crippen LogP contribution is -2.45. The van der Waals surface area contributed by atoms with E-state index in [1.165, 1.54) is 0 Å². The van der Waals surface area contributed by atoms with E-state index in [4.69, 9.17) is 5.73 Å². The second-order valence-electron chi connectivity index (χ2n) is 3.12. The number of nitrogens with one attached hydrogen (secondary N) is 1. The summed E-state index contributed by atoms with van der Waals surface area (Å²) in [6.45, 7) is 4.21. The summed E-state index contributed by atoms with van der Waals surface area (Å²) in [5.74, 6) is -1.31. The van der Waals surface area contributed by atoms with Gasteiger partial charge in [0.05, 0.1) is 6.04 Å². The Balaban J connectivity index is 2.60. The van der Waals surface area contributed by atoms with Crippen molar-refractivity contribution in [3.8, 4) is 0 Å². The zero-order chi connectivity index (χ0) is 9.84. The number of amides is 1. The molecular weight excluding hydrogens is 170 g/mol. The van der Waals surface area contributed by atoms with Crippen molar-refractivity contribution < 1.29 is 9.59 Å². The fourth-order valence-electron chi connectivity index (χ4n) is 1.56. The molecule has 5 nitrogen and oxygen atoms in total. The van der Waals surface area contributed by atoms with Crippen molar-refractivity contribution in [2.75, 3.05) is 19.8 Å². The Morgan fingerprint density at radius 2 is 2.31 bits per heavy atom. The first-order chi connectivity index (χ1) is 6.16. The van der Waals surface area contributed by atoms with E-state index in [1.807, 2.05) is 11.8 Å². The highest BCUT2D eigenvalue weighted by Crippen LogP contribution is 2.06. The number of Topliss-reactive ketones (excluding diaryl/α,β-unsaturated/α-hetero) is 1. The summed E-state index contributed by atoms with van der Waals surface area (Å²) in [5.41, 5.74) is 4.94. The second-order valence-corrected chi connectivity index (χ2v) is 3.12. The topological polar surface area (TPSA) is 75.4 Å². The quantitative estimate of drug-likeness (QED) is 0.533. The van der Waals surface area contributed by atoms with Gasteiger partial charge in [-0.05, 0) is 6.42 Å². The minimum atomic E-state index is -0.834. The van der Waals surface area contributed by atoms with Crippen molar-refractivity contribution in [2.24, 2.45) is 5.73 Å². The monoisotopic (exact) mass is 185 g/mol. The van der Waals surface area contributed by atoms with Crippen LogP contribution in [0, 0.1) is 0 Å². The summed E-state index contributed by atoms with van der Waals surface area (Å²) in [4.78, 5) is 23.9. The lowest BCUT2D eigenvalue weighted by atomic mass is 10.1. The maximum Gasteiger partial charge on any atom is 0.286 e. The first-order valence-corrected chi connectivity index (χ1v) is 4.45. The van der Waals surface area contributed by atoms with Crippen LogP contribution in [0.15, 0.2) is 0 Å². The number of nitrogens with two attached hydrogens (primary N) is 1. The smallest absolute Gasteiger partial charge is 0.286 e. The average Bonchev–Trinajstić information content (AvgIpc) is 2.58. The Hall–Kier alpha value is -0.940. The molecule has 1 rings (SSSR count). The van der Waals surface area contributed by atoms with E-state index in [0.29, 0.717) is 13.1 Å². The molecular formula is C8H15N3O2. The average molecular weight is 185 g/mol. The number of hydrogen-bond donors (Lipinski definition) is 2. The number of ketones is 1. The molecule has 3 N–H and O–H groups in total. The number of rotatable bonds is 4. The summed E-state index contributed by atoms with van der Waals surface area (Å²) in [5, 5.41) is 3.10. The SMILES string of the molecule is CCC(C(=O)C(N)=O)N1CCNC1. The van der Waals surface area contributed by atoms with Crippen LogP contribution in [0.25, 0.3) is 0 Å². The van der Waals surface area contributed by atoms with Gasteiger partial charge in [0.15, 0.2) is 0 Å². The van der Waals surface area contributed by atoms with Gasteiger partial charge in [0.1, 0.15) is 0 Å². The van der Waals surface area contributed by atoms with Gasteiger partial charge in [-0.25, -0.2) is 0 Å². The van der Waals surface area contributed by atoms with Crippen LogP contribution >= 0.6 is 0 Å². The predicted molar refractivity (Wildman–Crippen MR) is 47.9 cm³/mol. The summed E-state index contributed by atoms with van der Waals surface area (Å²) in [7, 11) is 0. The van der Waals surface area contributed by atoms with Gasteiger partial charge < -0.3 is 11.1 Å². The van der Waals surface area contributed by atoms with Crippen LogP contribution in [-0.2, 0) is 9.59 Å². The highest BCUT2D eigenvalue weighted by molar-refractivity contribution is 6.37. The highest BCUT2D eigenvalue weighted by atomic mass is 16.2. The van der Waals surface area contributed by atoms with Crippen molar-refractivity contribution in [3.05, 3.63) is 0 Å². The zero-order valence-corrected chi connectivity index (χ0v) is 7.75. The molecule has 74 valence electrons. The van der Waals surface area contributed by atoms with Gasteiger partial charge >= 0.3 is 0 Å². The molecule has 0 aromatic carbocycles. The van der Waals surface area contributed by atoms with E-state index < -0.39 is 11.7 Å². The number of primary amides is 1. The molecule has 0 aromatic rings. The first-order valence-electron chi connectivity index (χ1n) is 4.45. The van der Waals surface area contributed by atoms with Gasteiger partial charge in [-0.3, -0.25) is 14.5 Å². The van der Waals surface area contributed by atoms with E-state index in [2.05, 4.69) is 5.32 Å². The standard InChI is InChI=1S/C8H15N3O2/c1-2-6(7(12)8(9)13)11-4-3-10-5-11/h6,10H,2-5H2,1H3,(H2,9,13). The van der Waals surface area contributed by atoms with Gasteiger partial charge in [-0.1, -0.05) is 6.92 Å². The molecule has 1 fully saturated rings. The number of carbonyl (C=O) groups excluding carboxylic acids is 2. The lowest BCUT2D eigenvalue weighted by Gasteiger charge is -2.22. The van der Waals surface area contributed by atoms with Crippen LogP contribution in [0.2, 0.25) is 0 Å². The maximum atomic E-state index is 11.3. The Labute approximate surface area is 77.3 Å². The molecule has 1 heterocycles. The van der Waals surface area contributed by atoms with Crippen LogP contribution in [0.3, 0.4) is 0 Å². The molecule has 1 unspecified atom stereocenters. The molecule has 13 heavy (non-hydrogen) atoms. The van der Waals surface area contributed by atoms with Crippen molar-refractivity contribution >= 4 is 11.7 Å². The second kappa shape index (κ2) is 4.34. The Kier molecular flexibility index (Phi) is 3.39. The Morgan fingerprint density at radius 3 is 2.69 bits per heavy atom. The van der Waals surface area contributed by atoms with Gasteiger partial charge in [0, 0.05) is 19.8 Å². The molecule has 0 spiro atoms. The Morgan fingerprint density at radius 1 is 1.62 bits per heavy atom. The third kappa shape index (κ3) is 2.26. The fourth-order valence-corrected chi connectivity index (χ4v) is 1.56. The predicted octanol–water partition coefficient (Wildman–Crippen LogP) is -1.32. The normalized spacial score (nSPS) is 20.1. The van der Waals surface area contributed by atoms with Gasteiger partial charge in [-0.2, -0.15) is 0 Å². The summed E-state index contributed by atoms with van der Waals surface area (Å²) in [6.07, 6.45) is 0.628.